The predicted molar refractivity (Wildman–Crippen MR) is 397 cm³/mol. The largest absolute Gasteiger partial charge is 0.459 e. The molecule has 14 aromatic carbocycles. The quantitative estimate of drug-likeness (QED) is 0.142. The van der Waals surface area contributed by atoms with Crippen LogP contribution in [0.25, 0.3) is 94.3 Å². The third kappa shape index (κ3) is 7.81. The molecule has 0 bridgehead atoms. The van der Waals surface area contributed by atoms with E-state index < -0.39 is 115 Å². The molecule has 444 valence electrons. The maximum atomic E-state index is 12.1. The smallest absolute Gasteiger partial charge is 0.266 e. The summed E-state index contributed by atoms with van der Waals surface area (Å²) < 4.78 is 188. The van der Waals surface area contributed by atoms with Crippen molar-refractivity contribution in [3.05, 3.63) is 308 Å². The molecule has 1 aromatic heterocycles. The molecule has 0 atom stereocenters. The van der Waals surface area contributed by atoms with Crippen LogP contribution < -0.4 is 52.1 Å². The van der Waals surface area contributed by atoms with Gasteiger partial charge in [0.25, 0.3) is 13.4 Å². The Balaban J connectivity index is 1.06. The second-order valence-corrected chi connectivity index (χ2v) is 25.6. The number of benzene rings is 14. The molecule has 0 fully saturated rings. The molecule has 0 saturated heterocycles. The fraction of sp³-hybridized carbons (Fsp3) is 0.0455. The number of anilines is 6. The first-order valence-electron chi connectivity index (χ1n) is 40.3. The SMILES string of the molecule is [2H]c1c([2H])c([2H])c(-c2c([2H])c([2H])c3c(c2[2H])N(c2c(-c4ccccc4)cccc2-c2ccccc2)c2cc(C(C)(C)C)cc4c2B3c2c3c5c(c([2H])c2N4c2c(-c4ccccc4)cccc2-c2ccccc2)-n2c4c([2H])c([2H])c([2H])c([2H])c4c4c([2H])c([2H])c6c(c42)B5c2c(c([2H])c([2H])c(-c4ccccc4)c2O6)O3)c([2H])c1[2H]. The number of ether oxygens (including phenoxy) is 2. The molecule has 0 aliphatic carbocycles. The van der Waals surface area contributed by atoms with Crippen LogP contribution in [0.5, 0.6) is 23.0 Å². The standard InChI is InChI=1S/C88H59B2N3O2/c1-88(2,3)61-51-72-78-73(52-61)93(84-64(57-32-16-7-17-33-57)41-25-42-65(84)58-34-18-8-19-35-58)74-53-75-80-87(95-77-48-45-66(59-36-20-9-21-37-59)86-82(77)90(80)81-76(94-86)49-46-68-67-38-22-23-43-70(67)91(75)85(68)81)79(74)89(78)69-47-44-60(54-26-10-4-11-27-54)50-71(69)92(72)83-62(55-28-12-5-13-29-55)39-24-40-63(83)56-30-14-6-15-31-56/h4-53H,1-3H3/i4D,10D,11D,22D,23D,26D,27D,38D,43D,44D,45D,46D,47D,48D,49D,50D,53D. The summed E-state index contributed by atoms with van der Waals surface area (Å²) in [5.41, 5.74) is 8.65. The van der Waals surface area contributed by atoms with Gasteiger partial charge in [0.2, 0.25) is 0 Å². The number of fused-ring (bicyclic) bond motifs is 9. The highest BCUT2D eigenvalue weighted by Gasteiger charge is 2.53. The molecule has 0 radical (unpaired) electrons. The van der Waals surface area contributed by atoms with Gasteiger partial charge in [-0.2, -0.15) is 0 Å². The monoisotopic (exact) mass is 1230 g/mol. The lowest BCUT2D eigenvalue weighted by molar-refractivity contribution is 0.467. The lowest BCUT2D eigenvalue weighted by Crippen LogP contribution is -2.66. The van der Waals surface area contributed by atoms with Crippen molar-refractivity contribution in [2.75, 3.05) is 9.80 Å². The van der Waals surface area contributed by atoms with Crippen molar-refractivity contribution in [1.29, 1.82) is 0 Å². The zero-order chi connectivity index (χ0) is 77.6. The van der Waals surface area contributed by atoms with Crippen LogP contribution in [0, 0.1) is 0 Å². The van der Waals surface area contributed by atoms with Crippen LogP contribution in [-0.2, 0) is 5.41 Å². The highest BCUT2D eigenvalue weighted by molar-refractivity contribution is 7.04. The Morgan fingerprint density at radius 1 is 0.347 bits per heavy atom. The summed E-state index contributed by atoms with van der Waals surface area (Å²) in [7, 11) is 0. The molecule has 0 saturated carbocycles. The molecular formula is C88H59B2N3O2. The minimum Gasteiger partial charge on any atom is -0.459 e. The molecule has 6 heterocycles. The normalized spacial score (nSPS) is 15.8. The van der Waals surface area contributed by atoms with Gasteiger partial charge in [-0.1, -0.05) is 269 Å². The molecule has 5 aliphatic heterocycles. The second-order valence-electron chi connectivity index (χ2n) is 25.6. The number of hydrogen-bond acceptors (Lipinski definition) is 4. The highest BCUT2D eigenvalue weighted by atomic mass is 16.5. The molecule has 0 N–H and O–H groups in total. The Morgan fingerprint density at radius 3 is 1.41 bits per heavy atom. The predicted octanol–water partition coefficient (Wildman–Crippen LogP) is 19.2. The van der Waals surface area contributed by atoms with Gasteiger partial charge in [-0.3, -0.25) is 0 Å². The Kier molecular flexibility index (Phi) is 8.48. The van der Waals surface area contributed by atoms with Gasteiger partial charge in [0.1, 0.15) is 23.0 Å². The first kappa shape index (κ1) is 39.6. The fourth-order valence-corrected chi connectivity index (χ4v) is 15.3. The third-order valence-corrected chi connectivity index (χ3v) is 19.4. The van der Waals surface area contributed by atoms with Crippen molar-refractivity contribution in [1.82, 2.24) is 4.57 Å². The van der Waals surface area contributed by atoms with E-state index in [1.54, 1.807) is 28.8 Å². The van der Waals surface area contributed by atoms with Crippen LogP contribution in [0.15, 0.2) is 303 Å². The van der Waals surface area contributed by atoms with Crippen molar-refractivity contribution >= 4 is 102 Å². The van der Waals surface area contributed by atoms with Gasteiger partial charge in [-0.15, -0.1) is 0 Å². The summed E-state index contributed by atoms with van der Waals surface area (Å²) in [5, 5.41) is -0.115. The molecule has 0 spiro atoms. The van der Waals surface area contributed by atoms with E-state index in [2.05, 4.69) is 32.9 Å². The Morgan fingerprint density at radius 2 is 0.842 bits per heavy atom. The fourth-order valence-electron chi connectivity index (χ4n) is 15.3. The van der Waals surface area contributed by atoms with Crippen LogP contribution >= 0.6 is 0 Å². The topological polar surface area (TPSA) is 29.9 Å². The number of hydrogen-bond donors (Lipinski definition) is 0. The lowest BCUT2D eigenvalue weighted by atomic mass is 9.29. The van der Waals surface area contributed by atoms with Gasteiger partial charge in [0.05, 0.1) is 45.7 Å². The third-order valence-electron chi connectivity index (χ3n) is 19.4. The van der Waals surface area contributed by atoms with Crippen molar-refractivity contribution in [2.24, 2.45) is 0 Å². The summed E-state index contributed by atoms with van der Waals surface area (Å²) in [6.45, 7) is 3.51. The minimum absolute atomic E-state index is 0.00209. The van der Waals surface area contributed by atoms with Gasteiger partial charge in [0.15, 0.2) is 0 Å². The average molecular weight is 1230 g/mol. The van der Waals surface area contributed by atoms with E-state index in [-0.39, 0.29) is 113 Å². The van der Waals surface area contributed by atoms with E-state index in [0.717, 1.165) is 27.8 Å². The van der Waals surface area contributed by atoms with Gasteiger partial charge in [-0.25, -0.2) is 0 Å². The first-order valence-corrected chi connectivity index (χ1v) is 31.8. The zero-order valence-corrected chi connectivity index (χ0v) is 51.4. The molecule has 0 unspecified atom stereocenters. The molecule has 5 aliphatic rings. The summed E-state index contributed by atoms with van der Waals surface area (Å²) >= 11 is 0. The summed E-state index contributed by atoms with van der Waals surface area (Å²) in [5.74, 6) is -0.292. The van der Waals surface area contributed by atoms with Gasteiger partial charge >= 0.3 is 0 Å². The van der Waals surface area contributed by atoms with E-state index in [9.17, 15) is 19.2 Å². The van der Waals surface area contributed by atoms with Crippen molar-refractivity contribution in [3.8, 4) is 95.4 Å². The molecule has 5 nitrogen and oxygen atoms in total. The van der Waals surface area contributed by atoms with Crippen molar-refractivity contribution < 1.29 is 32.8 Å². The Labute approximate surface area is 577 Å². The molecule has 15 aromatic rings. The van der Waals surface area contributed by atoms with E-state index in [0.29, 0.717) is 56.0 Å². The van der Waals surface area contributed by atoms with Crippen LogP contribution in [0.3, 0.4) is 0 Å². The summed E-state index contributed by atoms with van der Waals surface area (Å²) in [6, 6.07) is 54.7. The maximum absolute atomic E-state index is 12.1. The maximum Gasteiger partial charge on any atom is 0.266 e. The average Bonchev–Trinajstić information content (AvgIpc) is 1.25. The van der Waals surface area contributed by atoms with Crippen molar-refractivity contribution in [2.45, 2.75) is 26.2 Å². The molecular weight excluding hydrogens is 1150 g/mol. The molecule has 20 rings (SSSR count). The Bertz CT molecular complexity index is 6640. The molecule has 7 heteroatoms. The first-order chi connectivity index (χ1) is 53.9. The van der Waals surface area contributed by atoms with E-state index >= 15 is 0 Å². The molecule has 0 amide bonds. The summed E-state index contributed by atoms with van der Waals surface area (Å²) in [4.78, 5) is 4.00. The summed E-state index contributed by atoms with van der Waals surface area (Å²) in [6.07, 6.45) is 0. The lowest BCUT2D eigenvalue weighted by Gasteiger charge is -2.48. The number of aromatic nitrogens is 1. The zero-order valence-electron chi connectivity index (χ0n) is 68.4. The van der Waals surface area contributed by atoms with Crippen LogP contribution in [-0.4, -0.2) is 18.0 Å². The minimum atomic E-state index is -1.46. The van der Waals surface area contributed by atoms with Gasteiger partial charge in [-0.05, 0) is 132 Å². The second kappa shape index (κ2) is 20.4. The van der Waals surface area contributed by atoms with Crippen LogP contribution in [0.2, 0.25) is 0 Å². The van der Waals surface area contributed by atoms with Crippen LogP contribution in [0.1, 0.15) is 49.6 Å². The van der Waals surface area contributed by atoms with E-state index in [1.165, 1.54) is 0 Å². The Hall–Kier alpha value is -11.8. The number of para-hydroxylation sites is 3. The van der Waals surface area contributed by atoms with Crippen LogP contribution in [0.4, 0.5) is 34.1 Å². The van der Waals surface area contributed by atoms with E-state index in [1.807, 2.05) is 174 Å². The van der Waals surface area contributed by atoms with E-state index in [4.69, 9.17) is 13.6 Å². The molecule has 95 heavy (non-hydrogen) atoms. The van der Waals surface area contributed by atoms with Gasteiger partial charge < -0.3 is 23.8 Å². The van der Waals surface area contributed by atoms with Gasteiger partial charge in [0, 0.05) is 72.5 Å². The number of nitrogens with zero attached hydrogens (tertiary/aromatic N) is 3. The van der Waals surface area contributed by atoms with Crippen molar-refractivity contribution in [3.63, 3.8) is 0 Å². The number of rotatable bonds is 8. The highest BCUT2D eigenvalue weighted by Crippen LogP contribution is 2.56.